The van der Waals surface area contributed by atoms with E-state index in [2.05, 4.69) is 5.32 Å². The number of ether oxygens (including phenoxy) is 2. The SMILES string of the molecule is CNCCCCCOCC1CCOC1. The highest BCUT2D eigenvalue weighted by Crippen LogP contribution is 2.12. The molecular weight excluding hydrogens is 178 g/mol. The van der Waals surface area contributed by atoms with E-state index >= 15 is 0 Å². The molecule has 1 saturated heterocycles. The van der Waals surface area contributed by atoms with Gasteiger partial charge >= 0.3 is 0 Å². The van der Waals surface area contributed by atoms with Gasteiger partial charge in [0, 0.05) is 19.1 Å². The summed E-state index contributed by atoms with van der Waals surface area (Å²) in [7, 11) is 2.00. The lowest BCUT2D eigenvalue weighted by Crippen LogP contribution is -2.10. The second kappa shape index (κ2) is 8.21. The van der Waals surface area contributed by atoms with Crippen LogP contribution in [0.15, 0.2) is 0 Å². The van der Waals surface area contributed by atoms with Crippen LogP contribution < -0.4 is 5.32 Å². The number of unbranched alkanes of at least 4 members (excludes halogenated alkanes) is 2. The van der Waals surface area contributed by atoms with E-state index in [4.69, 9.17) is 9.47 Å². The Labute approximate surface area is 87.2 Å². The fourth-order valence-electron chi connectivity index (χ4n) is 1.65. The first-order valence-corrected chi connectivity index (χ1v) is 5.73. The van der Waals surface area contributed by atoms with Crippen molar-refractivity contribution in [1.82, 2.24) is 5.32 Å². The molecule has 0 aromatic rings. The van der Waals surface area contributed by atoms with Crippen molar-refractivity contribution < 1.29 is 9.47 Å². The molecule has 0 radical (unpaired) electrons. The molecule has 1 unspecified atom stereocenters. The lowest BCUT2D eigenvalue weighted by molar-refractivity contribution is 0.0872. The van der Waals surface area contributed by atoms with Crippen LogP contribution in [-0.2, 0) is 9.47 Å². The first-order valence-electron chi connectivity index (χ1n) is 5.73. The van der Waals surface area contributed by atoms with Crippen molar-refractivity contribution in [2.45, 2.75) is 25.7 Å². The van der Waals surface area contributed by atoms with E-state index in [1.807, 2.05) is 7.05 Å². The van der Waals surface area contributed by atoms with E-state index in [-0.39, 0.29) is 0 Å². The zero-order chi connectivity index (χ0) is 10.1. The quantitative estimate of drug-likeness (QED) is 0.603. The molecule has 1 atom stereocenters. The number of hydrogen-bond acceptors (Lipinski definition) is 3. The molecule has 1 N–H and O–H groups in total. The molecule has 0 saturated carbocycles. The molecule has 3 heteroatoms. The molecule has 0 aromatic carbocycles. The number of nitrogens with one attached hydrogen (secondary N) is 1. The standard InChI is InChI=1S/C11H23NO2/c1-12-6-3-2-4-7-13-9-11-5-8-14-10-11/h11-12H,2-10H2,1H3. The summed E-state index contributed by atoms with van der Waals surface area (Å²) in [5.74, 6) is 0.660. The third-order valence-electron chi connectivity index (χ3n) is 2.59. The Morgan fingerprint density at radius 2 is 2.29 bits per heavy atom. The second-order valence-electron chi connectivity index (χ2n) is 3.97. The minimum absolute atomic E-state index is 0.660. The molecule has 1 fully saturated rings. The average molecular weight is 201 g/mol. The van der Waals surface area contributed by atoms with Gasteiger partial charge in [-0.1, -0.05) is 0 Å². The van der Waals surface area contributed by atoms with Crippen LogP contribution in [0.1, 0.15) is 25.7 Å². The second-order valence-corrected chi connectivity index (χ2v) is 3.97. The van der Waals surface area contributed by atoms with Crippen molar-refractivity contribution in [3.05, 3.63) is 0 Å². The Kier molecular flexibility index (Phi) is 7.01. The van der Waals surface area contributed by atoms with Crippen molar-refractivity contribution in [3.63, 3.8) is 0 Å². The molecular formula is C11H23NO2. The van der Waals surface area contributed by atoms with Crippen molar-refractivity contribution in [1.29, 1.82) is 0 Å². The molecule has 0 aliphatic carbocycles. The fourth-order valence-corrected chi connectivity index (χ4v) is 1.65. The van der Waals surface area contributed by atoms with Crippen LogP contribution >= 0.6 is 0 Å². The molecule has 3 nitrogen and oxygen atoms in total. The van der Waals surface area contributed by atoms with Gasteiger partial charge in [0.25, 0.3) is 0 Å². The third kappa shape index (κ3) is 5.58. The average Bonchev–Trinajstić information content (AvgIpc) is 2.69. The molecule has 0 spiro atoms. The topological polar surface area (TPSA) is 30.5 Å². The minimum atomic E-state index is 0.660. The summed E-state index contributed by atoms with van der Waals surface area (Å²) >= 11 is 0. The Bertz CT molecular complexity index is 124. The van der Waals surface area contributed by atoms with Crippen LogP contribution in [0, 0.1) is 5.92 Å². The highest BCUT2D eigenvalue weighted by molar-refractivity contribution is 4.62. The zero-order valence-corrected chi connectivity index (χ0v) is 9.26. The van der Waals surface area contributed by atoms with Crippen molar-refractivity contribution in [2.75, 3.05) is 40.0 Å². The van der Waals surface area contributed by atoms with E-state index in [1.54, 1.807) is 0 Å². The summed E-state index contributed by atoms with van der Waals surface area (Å²) in [5.41, 5.74) is 0. The van der Waals surface area contributed by atoms with Crippen LogP contribution in [0.4, 0.5) is 0 Å². The van der Waals surface area contributed by atoms with E-state index in [9.17, 15) is 0 Å². The van der Waals surface area contributed by atoms with Crippen LogP contribution in [0.3, 0.4) is 0 Å². The van der Waals surface area contributed by atoms with Gasteiger partial charge in [-0.25, -0.2) is 0 Å². The van der Waals surface area contributed by atoms with Gasteiger partial charge in [-0.15, -0.1) is 0 Å². The van der Waals surface area contributed by atoms with Gasteiger partial charge in [-0.2, -0.15) is 0 Å². The van der Waals surface area contributed by atoms with Crippen LogP contribution in [0.2, 0.25) is 0 Å². The first-order chi connectivity index (χ1) is 6.93. The molecule has 0 amide bonds. The van der Waals surface area contributed by atoms with E-state index in [0.29, 0.717) is 5.92 Å². The van der Waals surface area contributed by atoms with E-state index < -0.39 is 0 Å². The lowest BCUT2D eigenvalue weighted by atomic mass is 10.1. The molecule has 14 heavy (non-hydrogen) atoms. The van der Waals surface area contributed by atoms with Gasteiger partial charge in [0.2, 0.25) is 0 Å². The lowest BCUT2D eigenvalue weighted by Gasteiger charge is -2.08. The highest BCUT2D eigenvalue weighted by Gasteiger charge is 2.14. The zero-order valence-electron chi connectivity index (χ0n) is 9.26. The molecule has 0 bridgehead atoms. The molecule has 1 aliphatic heterocycles. The number of rotatable bonds is 8. The summed E-state index contributed by atoms with van der Waals surface area (Å²) in [5, 5.41) is 3.15. The molecule has 1 heterocycles. The molecule has 84 valence electrons. The molecule has 1 rings (SSSR count). The predicted molar refractivity (Wildman–Crippen MR) is 57.5 cm³/mol. The normalized spacial score (nSPS) is 21.6. The minimum Gasteiger partial charge on any atom is -0.381 e. The van der Waals surface area contributed by atoms with Crippen LogP contribution in [0.5, 0.6) is 0 Å². The van der Waals surface area contributed by atoms with Gasteiger partial charge in [-0.3, -0.25) is 0 Å². The largest absolute Gasteiger partial charge is 0.381 e. The summed E-state index contributed by atoms with van der Waals surface area (Å²) in [6.07, 6.45) is 4.89. The Morgan fingerprint density at radius 1 is 1.36 bits per heavy atom. The summed E-state index contributed by atoms with van der Waals surface area (Å²) < 4.78 is 10.9. The van der Waals surface area contributed by atoms with Crippen molar-refractivity contribution >= 4 is 0 Å². The van der Waals surface area contributed by atoms with Gasteiger partial charge in [0.05, 0.1) is 13.2 Å². The molecule has 1 aliphatic rings. The Hall–Kier alpha value is -0.120. The smallest absolute Gasteiger partial charge is 0.0517 e. The Balaban J connectivity index is 1.75. The fraction of sp³-hybridized carbons (Fsp3) is 1.00. The monoisotopic (exact) mass is 201 g/mol. The van der Waals surface area contributed by atoms with Gasteiger partial charge < -0.3 is 14.8 Å². The van der Waals surface area contributed by atoms with Crippen LogP contribution in [-0.4, -0.2) is 40.0 Å². The summed E-state index contributed by atoms with van der Waals surface area (Å²) in [6, 6.07) is 0. The van der Waals surface area contributed by atoms with Gasteiger partial charge in [0.1, 0.15) is 0 Å². The summed E-state index contributed by atoms with van der Waals surface area (Å²) in [4.78, 5) is 0. The molecule has 0 aromatic heterocycles. The highest BCUT2D eigenvalue weighted by atomic mass is 16.5. The maximum atomic E-state index is 5.60. The van der Waals surface area contributed by atoms with E-state index in [0.717, 1.165) is 33.0 Å². The predicted octanol–water partition coefficient (Wildman–Crippen LogP) is 1.43. The number of hydrogen-bond donors (Lipinski definition) is 1. The maximum absolute atomic E-state index is 5.60. The first kappa shape index (κ1) is 12.0. The van der Waals surface area contributed by atoms with Crippen LogP contribution in [0.25, 0.3) is 0 Å². The third-order valence-corrected chi connectivity index (χ3v) is 2.59. The maximum Gasteiger partial charge on any atom is 0.0517 e. The van der Waals surface area contributed by atoms with Crippen molar-refractivity contribution in [2.24, 2.45) is 5.92 Å². The van der Waals surface area contributed by atoms with Gasteiger partial charge in [0.15, 0.2) is 0 Å². The van der Waals surface area contributed by atoms with Crippen molar-refractivity contribution in [3.8, 4) is 0 Å². The summed E-state index contributed by atoms with van der Waals surface area (Å²) in [6.45, 7) is 4.76. The van der Waals surface area contributed by atoms with E-state index in [1.165, 1.54) is 25.7 Å². The Morgan fingerprint density at radius 3 is 3.00 bits per heavy atom. The van der Waals surface area contributed by atoms with Gasteiger partial charge in [-0.05, 0) is 39.3 Å².